The summed E-state index contributed by atoms with van der Waals surface area (Å²) in [5.74, 6) is -0.510. The number of carbonyl (C=O) groups is 3. The molecular weight excluding hydrogens is 398 g/mol. The van der Waals surface area contributed by atoms with Gasteiger partial charge in [0.25, 0.3) is 5.91 Å². The molecule has 1 unspecified atom stereocenters. The van der Waals surface area contributed by atoms with E-state index in [0.29, 0.717) is 30.7 Å². The van der Waals surface area contributed by atoms with Gasteiger partial charge in [-0.15, -0.1) is 0 Å². The predicted molar refractivity (Wildman–Crippen MR) is 107 cm³/mol. The molecule has 1 aromatic carbocycles. The molecule has 1 spiro atoms. The predicted octanol–water partition coefficient (Wildman–Crippen LogP) is 3.38. The van der Waals surface area contributed by atoms with E-state index >= 15 is 0 Å². The van der Waals surface area contributed by atoms with Crippen LogP contribution in [-0.4, -0.2) is 23.4 Å². The monoisotopic (exact) mass is 417 g/mol. The van der Waals surface area contributed by atoms with Crippen molar-refractivity contribution < 1.29 is 14.4 Å². The van der Waals surface area contributed by atoms with Gasteiger partial charge in [-0.3, -0.25) is 14.9 Å². The van der Waals surface area contributed by atoms with Crippen molar-refractivity contribution in [3.05, 3.63) is 57.2 Å². The van der Waals surface area contributed by atoms with Gasteiger partial charge in [-0.2, -0.15) is 11.3 Å². The van der Waals surface area contributed by atoms with Gasteiger partial charge in [0.2, 0.25) is 5.91 Å². The third-order valence-electron chi connectivity index (χ3n) is 5.59. The van der Waals surface area contributed by atoms with Crippen molar-refractivity contribution in [3.8, 4) is 0 Å². The summed E-state index contributed by atoms with van der Waals surface area (Å²) >= 11 is 7.58. The molecule has 1 atom stereocenters. The summed E-state index contributed by atoms with van der Waals surface area (Å²) in [5, 5.41) is 12.8. The van der Waals surface area contributed by atoms with Crippen molar-refractivity contribution in [2.24, 2.45) is 5.92 Å². The van der Waals surface area contributed by atoms with E-state index in [-0.39, 0.29) is 23.8 Å². The van der Waals surface area contributed by atoms with Gasteiger partial charge >= 0.3 is 6.03 Å². The summed E-state index contributed by atoms with van der Waals surface area (Å²) in [5.41, 5.74) is 1.14. The van der Waals surface area contributed by atoms with Gasteiger partial charge < -0.3 is 10.6 Å². The van der Waals surface area contributed by atoms with E-state index in [1.807, 2.05) is 41.1 Å². The quantitative estimate of drug-likeness (QED) is 0.666. The van der Waals surface area contributed by atoms with Crippen LogP contribution in [0.1, 0.15) is 42.9 Å². The van der Waals surface area contributed by atoms with Gasteiger partial charge in [0.15, 0.2) is 0 Å². The molecule has 4 amide bonds. The largest absolute Gasteiger partial charge is 0.345 e. The van der Waals surface area contributed by atoms with Crippen molar-refractivity contribution in [3.63, 3.8) is 0 Å². The summed E-state index contributed by atoms with van der Waals surface area (Å²) in [4.78, 5) is 36.5. The van der Waals surface area contributed by atoms with Crippen LogP contribution in [0.5, 0.6) is 0 Å². The highest BCUT2D eigenvalue weighted by Crippen LogP contribution is 2.35. The molecule has 1 aromatic heterocycles. The molecule has 1 aliphatic carbocycles. The van der Waals surface area contributed by atoms with E-state index in [0.717, 1.165) is 11.1 Å². The zero-order valence-electron chi connectivity index (χ0n) is 15.0. The molecule has 8 heteroatoms. The highest BCUT2D eigenvalue weighted by atomic mass is 35.5. The molecule has 1 aliphatic heterocycles. The number of rotatable bonds is 4. The lowest BCUT2D eigenvalue weighted by Gasteiger charge is -2.34. The standard InChI is InChI=1S/C20H20ClN3O3S/c21-15-3-1-12(2-4-15)16(14-7-10-28-11-14)22-17(25)13-5-8-20(9-6-13)18(26)23-19(27)24-20/h1-4,7,10-11,13,16H,5-6,8-9H2,(H,22,25)(H2,23,24,26,27). The van der Waals surface area contributed by atoms with Gasteiger partial charge in [-0.1, -0.05) is 23.7 Å². The van der Waals surface area contributed by atoms with Crippen LogP contribution in [0.4, 0.5) is 4.79 Å². The number of carbonyl (C=O) groups excluding carboxylic acids is 3. The first kappa shape index (κ1) is 19.0. The highest BCUT2D eigenvalue weighted by molar-refractivity contribution is 7.08. The summed E-state index contributed by atoms with van der Waals surface area (Å²) in [7, 11) is 0. The van der Waals surface area contributed by atoms with Crippen molar-refractivity contribution >= 4 is 40.8 Å². The average Bonchev–Trinajstić information content (AvgIpc) is 3.30. The van der Waals surface area contributed by atoms with E-state index in [4.69, 9.17) is 11.6 Å². The minimum absolute atomic E-state index is 0.0364. The number of imide groups is 1. The number of urea groups is 1. The van der Waals surface area contributed by atoms with Gasteiger partial charge in [0.05, 0.1) is 6.04 Å². The first-order valence-corrected chi connectivity index (χ1v) is 10.5. The Balaban J connectivity index is 1.46. The molecule has 0 radical (unpaired) electrons. The lowest BCUT2D eigenvalue weighted by molar-refractivity contribution is -0.130. The third kappa shape index (κ3) is 3.64. The molecule has 2 fully saturated rings. The van der Waals surface area contributed by atoms with Crippen LogP contribution in [-0.2, 0) is 9.59 Å². The van der Waals surface area contributed by atoms with Crippen LogP contribution in [0.2, 0.25) is 5.02 Å². The Morgan fingerprint density at radius 3 is 2.43 bits per heavy atom. The van der Waals surface area contributed by atoms with Gasteiger partial charge in [0.1, 0.15) is 5.54 Å². The fraction of sp³-hybridized carbons (Fsp3) is 0.350. The van der Waals surface area contributed by atoms with Crippen molar-refractivity contribution in [1.29, 1.82) is 0 Å². The lowest BCUT2D eigenvalue weighted by Crippen LogP contribution is -2.51. The molecule has 146 valence electrons. The summed E-state index contributed by atoms with van der Waals surface area (Å²) < 4.78 is 0. The van der Waals surface area contributed by atoms with Crippen LogP contribution in [0.3, 0.4) is 0 Å². The zero-order valence-corrected chi connectivity index (χ0v) is 16.6. The maximum absolute atomic E-state index is 13.0. The molecule has 0 bridgehead atoms. The molecule has 2 aromatic rings. The average molecular weight is 418 g/mol. The fourth-order valence-electron chi connectivity index (χ4n) is 3.97. The minimum Gasteiger partial charge on any atom is -0.345 e. The second-order valence-electron chi connectivity index (χ2n) is 7.31. The Morgan fingerprint density at radius 2 is 1.86 bits per heavy atom. The second kappa shape index (κ2) is 7.56. The molecule has 4 rings (SSSR count). The van der Waals surface area contributed by atoms with Crippen molar-refractivity contribution in [1.82, 2.24) is 16.0 Å². The Hall–Kier alpha value is -2.38. The Kier molecular flexibility index (Phi) is 5.12. The first-order chi connectivity index (χ1) is 13.5. The maximum Gasteiger partial charge on any atom is 0.322 e. The summed E-state index contributed by atoms with van der Waals surface area (Å²) in [6.07, 6.45) is 2.03. The number of amides is 4. The van der Waals surface area contributed by atoms with E-state index < -0.39 is 11.6 Å². The molecule has 2 heterocycles. The second-order valence-corrected chi connectivity index (χ2v) is 8.53. The van der Waals surface area contributed by atoms with Gasteiger partial charge in [-0.05, 0) is 65.8 Å². The molecule has 1 saturated heterocycles. The van der Waals surface area contributed by atoms with Crippen LogP contribution >= 0.6 is 22.9 Å². The van der Waals surface area contributed by atoms with E-state index in [9.17, 15) is 14.4 Å². The number of hydrogen-bond donors (Lipinski definition) is 3. The van der Waals surface area contributed by atoms with Crippen LogP contribution in [0.25, 0.3) is 0 Å². The Labute approximate surface area is 171 Å². The third-order valence-corrected chi connectivity index (χ3v) is 6.54. The topological polar surface area (TPSA) is 87.3 Å². The first-order valence-electron chi connectivity index (χ1n) is 9.18. The molecule has 2 aliphatic rings. The molecular formula is C20H20ClN3O3S. The Bertz CT molecular complexity index is 890. The van der Waals surface area contributed by atoms with Crippen molar-refractivity contribution in [2.75, 3.05) is 0 Å². The van der Waals surface area contributed by atoms with E-state index in [1.54, 1.807) is 11.3 Å². The SMILES string of the molecule is O=C1NC(=O)C2(CCC(C(=O)NC(c3ccc(Cl)cc3)c3ccsc3)CC2)N1. The fourth-order valence-corrected chi connectivity index (χ4v) is 4.78. The van der Waals surface area contributed by atoms with Crippen molar-refractivity contribution in [2.45, 2.75) is 37.3 Å². The number of hydrogen-bond acceptors (Lipinski definition) is 4. The van der Waals surface area contributed by atoms with Crippen LogP contribution < -0.4 is 16.0 Å². The Morgan fingerprint density at radius 1 is 1.14 bits per heavy atom. The molecule has 3 N–H and O–H groups in total. The minimum atomic E-state index is -0.850. The summed E-state index contributed by atoms with van der Waals surface area (Å²) in [6.45, 7) is 0. The van der Waals surface area contributed by atoms with Crippen LogP contribution in [0.15, 0.2) is 41.1 Å². The normalized spacial score (nSPS) is 25.2. The van der Waals surface area contributed by atoms with E-state index in [2.05, 4.69) is 16.0 Å². The maximum atomic E-state index is 13.0. The number of benzene rings is 1. The van der Waals surface area contributed by atoms with Crippen LogP contribution in [0, 0.1) is 5.92 Å². The van der Waals surface area contributed by atoms with Gasteiger partial charge in [-0.25, -0.2) is 4.79 Å². The van der Waals surface area contributed by atoms with E-state index in [1.165, 1.54) is 0 Å². The highest BCUT2D eigenvalue weighted by Gasteiger charge is 2.49. The number of nitrogens with one attached hydrogen (secondary N) is 3. The summed E-state index contributed by atoms with van der Waals surface area (Å²) in [6, 6.07) is 8.76. The molecule has 1 saturated carbocycles. The number of thiophene rings is 1. The molecule has 28 heavy (non-hydrogen) atoms. The van der Waals surface area contributed by atoms with Gasteiger partial charge in [0, 0.05) is 10.9 Å². The lowest BCUT2D eigenvalue weighted by atomic mass is 9.76. The zero-order chi connectivity index (χ0) is 19.7. The number of halogens is 1. The smallest absolute Gasteiger partial charge is 0.322 e. The molecule has 6 nitrogen and oxygen atoms in total.